The van der Waals surface area contributed by atoms with Crippen LogP contribution >= 0.6 is 23.1 Å². The van der Waals surface area contributed by atoms with Crippen molar-refractivity contribution in [2.45, 2.75) is 16.7 Å². The first-order valence-corrected chi connectivity index (χ1v) is 8.48. The Bertz CT molecular complexity index is 455. The van der Waals surface area contributed by atoms with Gasteiger partial charge < -0.3 is 9.90 Å². The Balaban J connectivity index is 2.76. The summed E-state index contributed by atoms with van der Waals surface area (Å²) in [4.78, 5) is 10.8. The first kappa shape index (κ1) is 14.5. The van der Waals surface area contributed by atoms with Gasteiger partial charge in [0.1, 0.15) is 4.21 Å². The number of sulfonamides is 1. The number of nitrogens with one attached hydrogen (secondary N) is 1. The predicted molar refractivity (Wildman–Crippen MR) is 66.4 cm³/mol. The third-order valence-corrected chi connectivity index (χ3v) is 5.47. The molecule has 1 aromatic rings. The molecule has 8 heteroatoms. The van der Waals surface area contributed by atoms with Gasteiger partial charge in [-0.2, -0.15) is 11.8 Å². The number of carbonyl (C=O) groups is 1. The van der Waals surface area contributed by atoms with Crippen LogP contribution in [0, 0.1) is 0 Å². The molecular weight excluding hydrogens is 282 g/mol. The van der Waals surface area contributed by atoms with Crippen molar-refractivity contribution in [2.75, 3.05) is 12.0 Å². The van der Waals surface area contributed by atoms with E-state index in [2.05, 4.69) is 4.72 Å². The number of rotatable bonds is 7. The molecule has 0 spiro atoms. The summed E-state index contributed by atoms with van der Waals surface area (Å²) >= 11 is 2.49. The van der Waals surface area contributed by atoms with Crippen molar-refractivity contribution >= 4 is 39.1 Å². The van der Waals surface area contributed by atoms with Crippen molar-refractivity contribution in [3.05, 3.63) is 17.5 Å². The lowest BCUT2D eigenvalue weighted by Crippen LogP contribution is -2.47. The van der Waals surface area contributed by atoms with Crippen molar-refractivity contribution in [3.63, 3.8) is 0 Å². The second-order valence-corrected chi connectivity index (χ2v) is 7.08. The highest BCUT2D eigenvalue weighted by Crippen LogP contribution is 2.16. The maximum absolute atomic E-state index is 11.8. The number of carbonyl (C=O) groups excluding carboxylic acids is 1. The Labute approximate surface area is 108 Å². The fourth-order valence-electron chi connectivity index (χ4n) is 1.12. The van der Waals surface area contributed by atoms with E-state index >= 15 is 0 Å². The zero-order chi connectivity index (χ0) is 12.9. The van der Waals surface area contributed by atoms with Gasteiger partial charge in [0.2, 0.25) is 0 Å². The molecule has 17 heavy (non-hydrogen) atoms. The molecule has 1 rings (SSSR count). The Morgan fingerprint density at radius 3 is 2.82 bits per heavy atom. The summed E-state index contributed by atoms with van der Waals surface area (Å²) in [6.45, 7) is 0. The smallest absolute Gasteiger partial charge is 0.250 e. The Morgan fingerprint density at radius 2 is 2.35 bits per heavy atom. The molecule has 96 valence electrons. The van der Waals surface area contributed by atoms with E-state index in [1.807, 2.05) is 6.26 Å². The number of thiophene rings is 1. The molecule has 0 unspecified atom stereocenters. The fourth-order valence-corrected chi connectivity index (χ4v) is 3.82. The molecule has 0 aliphatic carbocycles. The van der Waals surface area contributed by atoms with E-state index in [0.717, 1.165) is 11.3 Å². The maximum atomic E-state index is 11.8. The molecule has 0 fully saturated rings. The quantitative estimate of drug-likeness (QED) is 0.759. The van der Waals surface area contributed by atoms with Crippen molar-refractivity contribution in [2.24, 2.45) is 0 Å². The number of hydrogen-bond acceptors (Lipinski definition) is 6. The Kier molecular flexibility index (Phi) is 5.44. The molecule has 0 amide bonds. The molecule has 1 N–H and O–H groups in total. The molecular formula is C9H12NO4S3-. The van der Waals surface area contributed by atoms with Crippen LogP contribution in [0.15, 0.2) is 21.7 Å². The topological polar surface area (TPSA) is 86.3 Å². The van der Waals surface area contributed by atoms with Gasteiger partial charge >= 0.3 is 0 Å². The highest BCUT2D eigenvalue weighted by molar-refractivity contribution is 7.98. The van der Waals surface area contributed by atoms with Crippen molar-refractivity contribution in [1.29, 1.82) is 0 Å². The summed E-state index contributed by atoms with van der Waals surface area (Å²) in [5.74, 6) is -0.856. The summed E-state index contributed by atoms with van der Waals surface area (Å²) in [7, 11) is -3.75. The third kappa shape index (κ3) is 4.30. The SMILES string of the molecule is CSCC[C@@H](NS(=O)(=O)c1cccs1)C(=O)[O-]. The van der Waals surface area contributed by atoms with Gasteiger partial charge in [-0.1, -0.05) is 6.07 Å². The minimum absolute atomic E-state index is 0.105. The molecule has 0 aliphatic heterocycles. The average Bonchev–Trinajstić information content (AvgIpc) is 2.77. The van der Waals surface area contributed by atoms with Gasteiger partial charge in [0.15, 0.2) is 0 Å². The molecule has 0 aromatic carbocycles. The van der Waals surface area contributed by atoms with E-state index in [0.29, 0.717) is 5.75 Å². The monoisotopic (exact) mass is 294 g/mol. The number of hydrogen-bond donors (Lipinski definition) is 1. The third-order valence-electron chi connectivity index (χ3n) is 1.95. The molecule has 0 aliphatic rings. The fraction of sp³-hybridized carbons (Fsp3) is 0.444. The van der Waals surface area contributed by atoms with E-state index in [4.69, 9.17) is 0 Å². The molecule has 0 radical (unpaired) electrons. The van der Waals surface area contributed by atoms with Crippen LogP contribution in [0.4, 0.5) is 0 Å². The molecule has 0 saturated heterocycles. The number of carboxylic acid groups (broad SMARTS) is 1. The normalized spacial score (nSPS) is 13.5. The molecule has 1 heterocycles. The standard InChI is InChI=1S/C9H13NO4S3/c1-15-6-4-7(9(11)12)10-17(13,14)8-3-2-5-16-8/h2-3,5,7,10H,4,6H2,1H3,(H,11,12)/p-1/t7-/m1/s1. The van der Waals surface area contributed by atoms with E-state index in [1.54, 1.807) is 11.4 Å². The molecule has 0 saturated carbocycles. The summed E-state index contributed by atoms with van der Waals surface area (Å²) in [5.41, 5.74) is 0. The first-order chi connectivity index (χ1) is 7.97. The van der Waals surface area contributed by atoms with Gasteiger partial charge in [-0.05, 0) is 29.9 Å². The van der Waals surface area contributed by atoms with Crippen molar-refractivity contribution in [1.82, 2.24) is 4.72 Å². The van der Waals surface area contributed by atoms with E-state index < -0.39 is 22.0 Å². The van der Waals surface area contributed by atoms with Crippen molar-refractivity contribution in [3.8, 4) is 0 Å². The van der Waals surface area contributed by atoms with Gasteiger partial charge in [-0.25, -0.2) is 13.1 Å². The zero-order valence-corrected chi connectivity index (χ0v) is 11.5. The molecule has 1 atom stereocenters. The van der Waals surface area contributed by atoms with Crippen LogP contribution in [0.5, 0.6) is 0 Å². The lowest BCUT2D eigenvalue weighted by Gasteiger charge is -2.18. The number of thioether (sulfide) groups is 1. The van der Waals surface area contributed by atoms with Gasteiger partial charge in [-0.15, -0.1) is 11.3 Å². The predicted octanol–water partition coefficient (Wildman–Crippen LogP) is -0.102. The zero-order valence-electron chi connectivity index (χ0n) is 9.08. The van der Waals surface area contributed by atoms with Gasteiger partial charge in [0, 0.05) is 0 Å². The number of carboxylic acids is 1. The lowest BCUT2D eigenvalue weighted by atomic mass is 10.2. The highest BCUT2D eigenvalue weighted by atomic mass is 32.2. The van der Waals surface area contributed by atoms with E-state index in [-0.39, 0.29) is 10.6 Å². The van der Waals surface area contributed by atoms with E-state index in [9.17, 15) is 18.3 Å². The summed E-state index contributed by atoms with van der Waals surface area (Å²) in [5, 5.41) is 12.4. The highest BCUT2D eigenvalue weighted by Gasteiger charge is 2.21. The van der Waals surface area contributed by atoms with Gasteiger partial charge in [-0.3, -0.25) is 0 Å². The van der Waals surface area contributed by atoms with Crippen LogP contribution in [0.25, 0.3) is 0 Å². The van der Waals surface area contributed by atoms with Crippen molar-refractivity contribution < 1.29 is 18.3 Å². The van der Waals surface area contributed by atoms with Gasteiger partial charge in [0.05, 0.1) is 12.0 Å². The minimum Gasteiger partial charge on any atom is -0.548 e. The summed E-state index contributed by atoms with van der Waals surface area (Å²) in [6.07, 6.45) is 2.02. The minimum atomic E-state index is -3.75. The van der Waals surface area contributed by atoms with Crippen LogP contribution in [0.2, 0.25) is 0 Å². The Hall–Kier alpha value is -0.570. The molecule has 5 nitrogen and oxygen atoms in total. The second kappa shape index (κ2) is 6.39. The average molecular weight is 294 g/mol. The number of aliphatic carboxylic acids is 1. The first-order valence-electron chi connectivity index (χ1n) is 4.73. The lowest BCUT2D eigenvalue weighted by molar-refractivity contribution is -0.308. The summed E-state index contributed by atoms with van der Waals surface area (Å²) in [6, 6.07) is 1.83. The summed E-state index contributed by atoms with van der Waals surface area (Å²) < 4.78 is 25.8. The van der Waals surface area contributed by atoms with Crippen LogP contribution in [-0.4, -0.2) is 32.4 Å². The Morgan fingerprint density at radius 1 is 1.65 bits per heavy atom. The van der Waals surface area contributed by atoms with Crippen LogP contribution in [0.3, 0.4) is 0 Å². The van der Waals surface area contributed by atoms with E-state index in [1.165, 1.54) is 17.8 Å². The van der Waals surface area contributed by atoms with Crippen LogP contribution in [0.1, 0.15) is 6.42 Å². The largest absolute Gasteiger partial charge is 0.548 e. The molecule has 0 bridgehead atoms. The van der Waals surface area contributed by atoms with Crippen LogP contribution in [-0.2, 0) is 14.8 Å². The van der Waals surface area contributed by atoms with Crippen LogP contribution < -0.4 is 9.83 Å². The second-order valence-electron chi connectivity index (χ2n) is 3.21. The maximum Gasteiger partial charge on any atom is 0.250 e. The van der Waals surface area contributed by atoms with Gasteiger partial charge in [0.25, 0.3) is 10.0 Å². The molecule has 1 aromatic heterocycles.